The fraction of sp³-hybridized carbons (Fsp3) is 0.429. The van der Waals surface area contributed by atoms with E-state index in [4.69, 9.17) is 4.42 Å². The number of rotatable bonds is 2. The van der Waals surface area contributed by atoms with Gasteiger partial charge in [0.1, 0.15) is 0 Å². The van der Waals surface area contributed by atoms with Crippen molar-refractivity contribution >= 4 is 31.9 Å². The molecule has 0 atom stereocenters. The van der Waals surface area contributed by atoms with Crippen molar-refractivity contribution in [3.05, 3.63) is 33.0 Å². The van der Waals surface area contributed by atoms with Crippen molar-refractivity contribution in [1.82, 2.24) is 10.2 Å². The standard InChI is InChI=1S/C14H14Br2N2O/c15-11-6-10(7-12(16)8-11)14-18-17-13(19-14)9-4-2-1-3-5-9/h6-9H,1-5H2. The molecule has 1 aliphatic carbocycles. The summed E-state index contributed by atoms with van der Waals surface area (Å²) >= 11 is 6.95. The quantitative estimate of drug-likeness (QED) is 0.703. The molecule has 0 bridgehead atoms. The maximum Gasteiger partial charge on any atom is 0.247 e. The molecule has 3 rings (SSSR count). The minimum Gasteiger partial charge on any atom is -0.420 e. The van der Waals surface area contributed by atoms with Gasteiger partial charge in [0, 0.05) is 20.4 Å². The van der Waals surface area contributed by atoms with Gasteiger partial charge in [0.2, 0.25) is 11.8 Å². The third-order valence-electron chi connectivity index (χ3n) is 3.50. The second-order valence-corrected chi connectivity index (χ2v) is 6.77. The minimum absolute atomic E-state index is 0.450. The van der Waals surface area contributed by atoms with Crippen molar-refractivity contribution in [2.75, 3.05) is 0 Å². The summed E-state index contributed by atoms with van der Waals surface area (Å²) in [5.41, 5.74) is 0.941. The van der Waals surface area contributed by atoms with Crippen LogP contribution in [0.25, 0.3) is 11.5 Å². The van der Waals surface area contributed by atoms with Crippen molar-refractivity contribution < 1.29 is 4.42 Å². The van der Waals surface area contributed by atoms with Gasteiger partial charge in [0.05, 0.1) is 0 Å². The second kappa shape index (κ2) is 5.75. The first kappa shape index (κ1) is 13.3. The van der Waals surface area contributed by atoms with Gasteiger partial charge in [-0.15, -0.1) is 10.2 Å². The molecule has 3 nitrogen and oxygen atoms in total. The monoisotopic (exact) mass is 384 g/mol. The van der Waals surface area contributed by atoms with Crippen molar-refractivity contribution in [3.63, 3.8) is 0 Å². The zero-order chi connectivity index (χ0) is 13.2. The van der Waals surface area contributed by atoms with Crippen LogP contribution in [0.5, 0.6) is 0 Å². The van der Waals surface area contributed by atoms with Gasteiger partial charge in [-0.05, 0) is 31.0 Å². The molecule has 5 heteroatoms. The normalized spacial score (nSPS) is 16.7. The topological polar surface area (TPSA) is 38.9 Å². The molecule has 100 valence electrons. The molecular formula is C14H14Br2N2O. The zero-order valence-electron chi connectivity index (χ0n) is 10.4. The third-order valence-corrected chi connectivity index (χ3v) is 4.42. The van der Waals surface area contributed by atoms with Crippen LogP contribution in [0.1, 0.15) is 43.9 Å². The highest BCUT2D eigenvalue weighted by Gasteiger charge is 2.21. The van der Waals surface area contributed by atoms with Crippen LogP contribution in [0, 0.1) is 0 Å². The van der Waals surface area contributed by atoms with E-state index in [1.807, 2.05) is 18.2 Å². The summed E-state index contributed by atoms with van der Waals surface area (Å²) in [5.74, 6) is 1.85. The third kappa shape index (κ3) is 3.08. The largest absolute Gasteiger partial charge is 0.420 e. The Morgan fingerprint density at radius 1 is 0.947 bits per heavy atom. The molecule has 1 heterocycles. The Morgan fingerprint density at radius 2 is 1.63 bits per heavy atom. The van der Waals surface area contributed by atoms with Gasteiger partial charge < -0.3 is 4.42 Å². The molecule has 1 fully saturated rings. The van der Waals surface area contributed by atoms with Crippen LogP contribution in [0.4, 0.5) is 0 Å². The molecule has 0 radical (unpaired) electrons. The molecule has 1 aromatic heterocycles. The van der Waals surface area contributed by atoms with Gasteiger partial charge in [-0.1, -0.05) is 51.1 Å². The lowest BCUT2D eigenvalue weighted by Crippen LogP contribution is -2.04. The fourth-order valence-corrected chi connectivity index (χ4v) is 3.84. The number of hydrogen-bond donors (Lipinski definition) is 0. The van der Waals surface area contributed by atoms with Crippen LogP contribution in [-0.4, -0.2) is 10.2 Å². The van der Waals surface area contributed by atoms with E-state index in [1.165, 1.54) is 32.1 Å². The highest BCUT2D eigenvalue weighted by atomic mass is 79.9. The molecule has 2 aromatic rings. The van der Waals surface area contributed by atoms with E-state index < -0.39 is 0 Å². The van der Waals surface area contributed by atoms with E-state index >= 15 is 0 Å². The number of nitrogens with zero attached hydrogens (tertiary/aromatic N) is 2. The number of hydrogen-bond acceptors (Lipinski definition) is 3. The predicted octanol–water partition coefficient (Wildman–Crippen LogP) is 5.31. The zero-order valence-corrected chi connectivity index (χ0v) is 13.6. The van der Waals surface area contributed by atoms with Gasteiger partial charge in [-0.3, -0.25) is 0 Å². The Labute approximate surface area is 129 Å². The highest BCUT2D eigenvalue weighted by molar-refractivity contribution is 9.11. The molecule has 0 aliphatic heterocycles. The fourth-order valence-electron chi connectivity index (χ4n) is 2.54. The first-order valence-corrected chi connectivity index (χ1v) is 8.11. The van der Waals surface area contributed by atoms with Crippen LogP contribution >= 0.6 is 31.9 Å². The first-order valence-electron chi connectivity index (χ1n) is 6.52. The Hall–Kier alpha value is -0.680. The maximum atomic E-state index is 5.86. The molecule has 1 saturated carbocycles. The smallest absolute Gasteiger partial charge is 0.247 e. The Bertz CT molecular complexity index is 556. The Morgan fingerprint density at radius 3 is 2.32 bits per heavy atom. The molecule has 0 amide bonds. The minimum atomic E-state index is 0.450. The van der Waals surface area contributed by atoms with Crippen molar-refractivity contribution in [2.24, 2.45) is 0 Å². The van der Waals surface area contributed by atoms with E-state index in [-0.39, 0.29) is 0 Å². The van der Waals surface area contributed by atoms with Crippen molar-refractivity contribution in [2.45, 2.75) is 38.0 Å². The summed E-state index contributed by atoms with van der Waals surface area (Å²) in [6, 6.07) is 5.97. The molecule has 0 spiro atoms. The summed E-state index contributed by atoms with van der Waals surface area (Å²) < 4.78 is 7.84. The summed E-state index contributed by atoms with van der Waals surface area (Å²) in [4.78, 5) is 0. The van der Waals surface area contributed by atoms with Crippen molar-refractivity contribution in [1.29, 1.82) is 0 Å². The lowest BCUT2D eigenvalue weighted by atomic mass is 9.89. The van der Waals surface area contributed by atoms with E-state index in [9.17, 15) is 0 Å². The van der Waals surface area contributed by atoms with Gasteiger partial charge in [0.25, 0.3) is 0 Å². The average molecular weight is 386 g/mol. The number of halogens is 2. The molecule has 0 unspecified atom stereocenters. The molecule has 1 aliphatic rings. The number of benzene rings is 1. The Kier molecular flexibility index (Phi) is 4.03. The number of aromatic nitrogens is 2. The summed E-state index contributed by atoms with van der Waals surface area (Å²) in [7, 11) is 0. The average Bonchev–Trinajstić information content (AvgIpc) is 2.88. The summed E-state index contributed by atoms with van der Waals surface area (Å²) in [5, 5.41) is 8.41. The van der Waals surface area contributed by atoms with Crippen LogP contribution in [0.15, 0.2) is 31.6 Å². The molecule has 0 saturated heterocycles. The molecule has 0 N–H and O–H groups in total. The SMILES string of the molecule is Brc1cc(Br)cc(-c2nnc(C3CCCCC3)o2)c1. The first-order chi connectivity index (χ1) is 9.22. The van der Waals surface area contributed by atoms with Crippen LogP contribution in [0.3, 0.4) is 0 Å². The summed E-state index contributed by atoms with van der Waals surface area (Å²) in [6.07, 6.45) is 6.21. The Balaban J connectivity index is 1.87. The van der Waals surface area contributed by atoms with Gasteiger partial charge >= 0.3 is 0 Å². The van der Waals surface area contributed by atoms with Gasteiger partial charge in [0.15, 0.2) is 0 Å². The van der Waals surface area contributed by atoms with E-state index in [0.717, 1.165) is 20.4 Å². The second-order valence-electron chi connectivity index (χ2n) is 4.94. The molecular weight excluding hydrogens is 372 g/mol. The van der Waals surface area contributed by atoms with Crippen LogP contribution < -0.4 is 0 Å². The molecule has 1 aromatic carbocycles. The lowest BCUT2D eigenvalue weighted by molar-refractivity contribution is 0.367. The highest BCUT2D eigenvalue weighted by Crippen LogP contribution is 2.34. The molecule has 19 heavy (non-hydrogen) atoms. The van der Waals surface area contributed by atoms with E-state index in [0.29, 0.717) is 11.8 Å². The van der Waals surface area contributed by atoms with Crippen LogP contribution in [0.2, 0.25) is 0 Å². The lowest BCUT2D eigenvalue weighted by Gasteiger charge is -2.17. The van der Waals surface area contributed by atoms with Crippen molar-refractivity contribution in [3.8, 4) is 11.5 Å². The van der Waals surface area contributed by atoms with Crippen LogP contribution in [-0.2, 0) is 0 Å². The van der Waals surface area contributed by atoms with E-state index in [1.54, 1.807) is 0 Å². The van der Waals surface area contributed by atoms with E-state index in [2.05, 4.69) is 42.1 Å². The maximum absolute atomic E-state index is 5.86. The predicted molar refractivity (Wildman–Crippen MR) is 81.0 cm³/mol. The summed E-state index contributed by atoms with van der Waals surface area (Å²) in [6.45, 7) is 0. The van der Waals surface area contributed by atoms with Gasteiger partial charge in [-0.25, -0.2) is 0 Å². The van der Waals surface area contributed by atoms with Gasteiger partial charge in [-0.2, -0.15) is 0 Å².